The molecular weight excluding hydrogens is 636 g/mol. The Bertz CT molecular complexity index is 960. The fourth-order valence-electron chi connectivity index (χ4n) is 6.49. The molecule has 0 bridgehead atoms. The molecule has 15 heteroatoms. The summed E-state index contributed by atoms with van der Waals surface area (Å²) >= 11 is 0. The maximum atomic E-state index is 12.8. The predicted molar refractivity (Wildman–Crippen MR) is 173 cm³/mol. The Labute approximate surface area is 281 Å². The van der Waals surface area contributed by atoms with Crippen LogP contribution in [0.5, 0.6) is 0 Å². The lowest BCUT2D eigenvalue weighted by molar-refractivity contribution is -0.314. The first-order chi connectivity index (χ1) is 22.5. The maximum absolute atomic E-state index is 12.8. The number of aliphatic hydroxyl groups is 4. The van der Waals surface area contributed by atoms with Gasteiger partial charge < -0.3 is 49.2 Å². The van der Waals surface area contributed by atoms with Gasteiger partial charge in [0.2, 0.25) is 5.91 Å². The molecule has 2 heterocycles. The van der Waals surface area contributed by atoms with E-state index in [9.17, 15) is 38.2 Å². The lowest BCUT2D eigenvalue weighted by Crippen LogP contribution is -2.69. The molecule has 2 fully saturated rings. The average molecular weight is 698 g/mol. The van der Waals surface area contributed by atoms with Crippen molar-refractivity contribution in [3.63, 3.8) is 0 Å². The van der Waals surface area contributed by atoms with Gasteiger partial charge in [0.1, 0.15) is 42.7 Å². The second kappa shape index (κ2) is 22.7. The molecule has 2 saturated heterocycles. The van der Waals surface area contributed by atoms with Gasteiger partial charge in [-0.25, -0.2) is 13.1 Å². The Morgan fingerprint density at radius 1 is 0.766 bits per heavy atom. The van der Waals surface area contributed by atoms with E-state index < -0.39 is 84.6 Å². The zero-order valence-corrected chi connectivity index (χ0v) is 29.3. The molecule has 0 aliphatic carbocycles. The first kappa shape index (κ1) is 42.2. The number of amides is 1. The molecular formula is C32H61N2O12S-. The van der Waals surface area contributed by atoms with Crippen molar-refractivity contribution in [1.29, 1.82) is 0 Å². The summed E-state index contributed by atoms with van der Waals surface area (Å²) in [7, 11) is -3.91. The number of carbonyl (C=O) groups excluding carboxylic acids is 1. The molecule has 6 unspecified atom stereocenters. The minimum Gasteiger partial charge on any atom is -0.735 e. The topological polar surface area (TPSA) is 216 Å². The van der Waals surface area contributed by atoms with Crippen molar-refractivity contribution in [1.82, 2.24) is 10.0 Å². The third kappa shape index (κ3) is 14.8. The fourth-order valence-corrected chi connectivity index (χ4v) is 7.08. The monoisotopic (exact) mass is 697 g/mol. The Morgan fingerprint density at radius 3 is 1.70 bits per heavy atom. The summed E-state index contributed by atoms with van der Waals surface area (Å²) in [5, 5.41) is 44.5. The second-order valence-electron chi connectivity index (χ2n) is 13.0. The molecule has 0 aromatic rings. The predicted octanol–water partition coefficient (Wildman–Crippen LogP) is 1.77. The molecule has 47 heavy (non-hydrogen) atoms. The van der Waals surface area contributed by atoms with E-state index in [0.717, 1.165) is 19.3 Å². The Balaban J connectivity index is 1.81. The van der Waals surface area contributed by atoms with E-state index in [1.165, 1.54) is 77.7 Å². The molecule has 0 saturated carbocycles. The highest BCUT2D eigenvalue weighted by molar-refractivity contribution is 7.83. The summed E-state index contributed by atoms with van der Waals surface area (Å²) < 4.78 is 58.8. The van der Waals surface area contributed by atoms with Crippen molar-refractivity contribution in [2.24, 2.45) is 0 Å². The number of rotatable bonds is 24. The van der Waals surface area contributed by atoms with Crippen LogP contribution in [0.25, 0.3) is 0 Å². The number of hydrogen-bond donors (Lipinski definition) is 6. The summed E-state index contributed by atoms with van der Waals surface area (Å²) in [4.78, 5) is 12.8. The minimum atomic E-state index is -5.12. The van der Waals surface area contributed by atoms with Crippen molar-refractivity contribution in [2.45, 2.75) is 178 Å². The van der Waals surface area contributed by atoms with Crippen LogP contribution in [0.3, 0.4) is 0 Å². The molecule has 14 nitrogen and oxygen atoms in total. The van der Waals surface area contributed by atoms with Crippen LogP contribution in [0, 0.1) is 0 Å². The molecule has 278 valence electrons. The molecule has 2 rings (SSSR count). The first-order valence-electron chi connectivity index (χ1n) is 17.6. The summed E-state index contributed by atoms with van der Waals surface area (Å²) in [6.45, 7) is 2.61. The normalized spacial score (nSPS) is 31.6. The van der Waals surface area contributed by atoms with Gasteiger partial charge in [0.05, 0.1) is 25.4 Å². The van der Waals surface area contributed by atoms with E-state index in [1.807, 2.05) is 0 Å². The maximum Gasteiger partial charge on any atom is 0.220 e. The third-order valence-electron chi connectivity index (χ3n) is 9.18. The van der Waals surface area contributed by atoms with E-state index in [1.54, 1.807) is 11.6 Å². The van der Waals surface area contributed by atoms with E-state index in [4.69, 9.17) is 18.9 Å². The number of methoxy groups -OCH3 is 1. The highest BCUT2D eigenvalue weighted by Gasteiger charge is 2.51. The lowest BCUT2D eigenvalue weighted by Gasteiger charge is -2.48. The minimum absolute atomic E-state index is 0.255. The van der Waals surface area contributed by atoms with E-state index in [0.29, 0.717) is 6.42 Å². The van der Waals surface area contributed by atoms with E-state index >= 15 is 0 Å². The first-order valence-corrected chi connectivity index (χ1v) is 19.0. The van der Waals surface area contributed by atoms with Crippen molar-refractivity contribution in [3.8, 4) is 0 Å². The largest absolute Gasteiger partial charge is 0.735 e. The summed E-state index contributed by atoms with van der Waals surface area (Å²) in [5.41, 5.74) is 0. The smallest absolute Gasteiger partial charge is 0.220 e. The molecule has 2 aliphatic heterocycles. The molecule has 0 aromatic heterocycles. The quantitative estimate of drug-likeness (QED) is 0.0629. The highest BCUT2D eigenvalue weighted by Crippen LogP contribution is 2.30. The van der Waals surface area contributed by atoms with E-state index in [-0.39, 0.29) is 12.3 Å². The molecule has 2 aliphatic rings. The van der Waals surface area contributed by atoms with Gasteiger partial charge in [-0.3, -0.25) is 4.79 Å². The van der Waals surface area contributed by atoms with Crippen molar-refractivity contribution in [3.05, 3.63) is 0 Å². The number of aliphatic hydroxyl groups excluding tert-OH is 4. The highest BCUT2D eigenvalue weighted by atomic mass is 32.2. The van der Waals surface area contributed by atoms with Gasteiger partial charge in [0, 0.05) is 13.5 Å². The molecule has 10 atom stereocenters. The van der Waals surface area contributed by atoms with Gasteiger partial charge in [-0.1, -0.05) is 96.8 Å². The standard InChI is InChI=1S/C32H62N2O12S/c1-4-5-6-7-8-9-10-11-12-13-14-15-16-17-18-19-25(37)33-26-22(2)44-24(21-36)31(28(26)38)46-32-27(34-47(40,41)42)29(39)30(43-3)23(20-35)45-32/h22-24,26-32,34-36,38-39H,4-21H2,1-3H3,(H,33,37)(H,40,41,42)/p-1/t22?,23?,24?,26-,27+,28?,29?,30-,31-,32?/m1/s1. The van der Waals surface area contributed by atoms with Gasteiger partial charge in [-0.15, -0.1) is 0 Å². The van der Waals surface area contributed by atoms with E-state index in [2.05, 4.69) is 12.2 Å². The van der Waals surface area contributed by atoms with Crippen LogP contribution in [0.4, 0.5) is 0 Å². The molecule has 0 spiro atoms. The van der Waals surface area contributed by atoms with Gasteiger partial charge in [-0.2, -0.15) is 0 Å². The number of unbranched alkanes of at least 4 members (excludes halogenated alkanes) is 14. The third-order valence-corrected chi connectivity index (χ3v) is 9.74. The van der Waals surface area contributed by atoms with Gasteiger partial charge in [0.25, 0.3) is 0 Å². The van der Waals surface area contributed by atoms with Crippen LogP contribution >= 0.6 is 0 Å². The Morgan fingerprint density at radius 2 is 1.23 bits per heavy atom. The van der Waals surface area contributed by atoms with Crippen LogP contribution in [-0.2, 0) is 34.0 Å². The van der Waals surface area contributed by atoms with Crippen molar-refractivity contribution < 1.29 is 57.1 Å². The van der Waals surface area contributed by atoms with Crippen LogP contribution in [0.2, 0.25) is 0 Å². The number of hydrogen-bond acceptors (Lipinski definition) is 12. The lowest BCUT2D eigenvalue weighted by atomic mass is 9.92. The van der Waals surface area contributed by atoms with Gasteiger partial charge in [-0.05, 0) is 13.3 Å². The fraction of sp³-hybridized carbons (Fsp3) is 0.969. The number of nitrogens with one attached hydrogen (secondary N) is 2. The summed E-state index contributed by atoms with van der Waals surface area (Å²) in [5.74, 6) is -0.287. The van der Waals surface area contributed by atoms with Crippen LogP contribution in [0.15, 0.2) is 0 Å². The number of ether oxygens (including phenoxy) is 4. The summed E-state index contributed by atoms with van der Waals surface area (Å²) in [6.07, 6.45) is 8.02. The Hall–Kier alpha value is -0.980. The van der Waals surface area contributed by atoms with Crippen molar-refractivity contribution in [2.75, 3.05) is 20.3 Å². The van der Waals surface area contributed by atoms with Gasteiger partial charge >= 0.3 is 0 Å². The number of carbonyl (C=O) groups is 1. The molecule has 1 amide bonds. The Kier molecular flexibility index (Phi) is 20.4. The molecule has 0 radical (unpaired) electrons. The molecule has 6 N–H and O–H groups in total. The SMILES string of the molecule is CCCCCCCCCCCCCCCCCC(=O)N[C@@H]1C(C)OC(CO)[C@@H](OC2OC(CO)[C@@H](OC)C(O)[C@@H]2NS(=O)(=O)[O-])C1O. The second-order valence-corrected chi connectivity index (χ2v) is 14.1. The van der Waals surface area contributed by atoms with Crippen molar-refractivity contribution >= 4 is 16.2 Å². The zero-order chi connectivity index (χ0) is 34.8. The summed E-state index contributed by atoms with van der Waals surface area (Å²) in [6, 6.07) is -2.63. The zero-order valence-electron chi connectivity index (χ0n) is 28.5. The van der Waals surface area contributed by atoms with Gasteiger partial charge in [0.15, 0.2) is 16.6 Å². The average Bonchev–Trinajstić information content (AvgIpc) is 3.03. The van der Waals surface area contributed by atoms with Crippen LogP contribution in [0.1, 0.15) is 117 Å². The van der Waals surface area contributed by atoms with Crippen LogP contribution < -0.4 is 10.0 Å². The molecule has 0 aromatic carbocycles. The van der Waals surface area contributed by atoms with Crippen LogP contribution in [-0.4, -0.2) is 121 Å².